The minimum atomic E-state index is -0.178. The van der Waals surface area contributed by atoms with E-state index in [0.29, 0.717) is 0 Å². The summed E-state index contributed by atoms with van der Waals surface area (Å²) in [7, 11) is 0. The van der Waals surface area contributed by atoms with E-state index in [9.17, 15) is 4.79 Å². The highest BCUT2D eigenvalue weighted by atomic mass is 79.9. The van der Waals surface area contributed by atoms with Gasteiger partial charge in [-0.3, -0.25) is 10.1 Å². The van der Waals surface area contributed by atoms with Gasteiger partial charge in [-0.05, 0) is 27.4 Å². The third-order valence-electron chi connectivity index (χ3n) is 1.94. The van der Waals surface area contributed by atoms with E-state index in [2.05, 4.69) is 26.6 Å². The first-order valence-electron chi connectivity index (χ1n) is 4.03. The number of rotatable bonds is 1. The lowest BCUT2D eigenvalue weighted by Gasteiger charge is -2.22. The van der Waals surface area contributed by atoms with E-state index < -0.39 is 0 Å². The van der Waals surface area contributed by atoms with Crippen LogP contribution in [0.25, 0.3) is 0 Å². The highest BCUT2D eigenvalue weighted by Crippen LogP contribution is 2.29. The van der Waals surface area contributed by atoms with Crippen molar-refractivity contribution in [3.8, 4) is 0 Å². The van der Waals surface area contributed by atoms with E-state index in [1.165, 1.54) is 0 Å². The van der Waals surface area contributed by atoms with Gasteiger partial charge in [-0.2, -0.15) is 0 Å². The molecule has 2 rings (SSSR count). The van der Waals surface area contributed by atoms with Gasteiger partial charge in [-0.25, -0.2) is 0 Å². The molecule has 70 valence electrons. The Morgan fingerprint density at radius 3 is 3.00 bits per heavy atom. The van der Waals surface area contributed by atoms with Crippen molar-refractivity contribution in [3.05, 3.63) is 20.8 Å². The molecule has 1 aliphatic heterocycles. The van der Waals surface area contributed by atoms with E-state index in [4.69, 9.17) is 0 Å². The minimum Gasteiger partial charge on any atom is -0.353 e. The predicted octanol–water partition coefficient (Wildman–Crippen LogP) is 1.27. The molecule has 1 aromatic heterocycles. The molecule has 0 spiro atoms. The molecule has 1 fully saturated rings. The maximum absolute atomic E-state index is 11.5. The third kappa shape index (κ3) is 1.77. The third-order valence-corrected chi connectivity index (χ3v) is 3.88. The number of hydrogen-bond acceptors (Lipinski definition) is 3. The lowest BCUT2D eigenvalue weighted by molar-refractivity contribution is -0.124. The van der Waals surface area contributed by atoms with Crippen LogP contribution in [0.4, 0.5) is 0 Å². The van der Waals surface area contributed by atoms with Gasteiger partial charge >= 0.3 is 0 Å². The topological polar surface area (TPSA) is 41.1 Å². The van der Waals surface area contributed by atoms with Crippen molar-refractivity contribution < 1.29 is 4.79 Å². The Morgan fingerprint density at radius 1 is 1.54 bits per heavy atom. The molecule has 1 unspecified atom stereocenters. The lowest BCUT2D eigenvalue weighted by atomic mass is 10.2. The quantitative estimate of drug-likeness (QED) is 0.799. The van der Waals surface area contributed by atoms with Crippen LogP contribution in [0.15, 0.2) is 15.9 Å². The Balaban J connectivity index is 2.24. The lowest BCUT2D eigenvalue weighted by Crippen LogP contribution is -2.47. The van der Waals surface area contributed by atoms with Crippen LogP contribution in [0.5, 0.6) is 0 Å². The number of carbonyl (C=O) groups is 1. The zero-order valence-corrected chi connectivity index (χ0v) is 9.24. The summed E-state index contributed by atoms with van der Waals surface area (Å²) in [6.45, 7) is 1.55. The highest BCUT2D eigenvalue weighted by Gasteiger charge is 2.25. The van der Waals surface area contributed by atoms with Gasteiger partial charge in [0.2, 0.25) is 5.91 Å². The maximum Gasteiger partial charge on any atom is 0.242 e. The van der Waals surface area contributed by atoms with Crippen LogP contribution in [0, 0.1) is 0 Å². The van der Waals surface area contributed by atoms with E-state index in [0.717, 1.165) is 22.4 Å². The second-order valence-electron chi connectivity index (χ2n) is 2.81. The van der Waals surface area contributed by atoms with Gasteiger partial charge in [0.1, 0.15) is 6.04 Å². The monoisotopic (exact) mass is 260 g/mol. The zero-order chi connectivity index (χ0) is 9.26. The first kappa shape index (κ1) is 9.18. The standard InChI is InChI=1S/C8H9BrN2OS/c9-5-1-4-13-7(5)6-8(12)11-3-2-10-6/h1,4,6,10H,2-3H2,(H,11,12). The molecule has 0 bridgehead atoms. The molecule has 1 saturated heterocycles. The fourth-order valence-corrected chi connectivity index (χ4v) is 2.99. The molecule has 0 radical (unpaired) electrons. The molecule has 0 aliphatic carbocycles. The average Bonchev–Trinajstić information content (AvgIpc) is 2.52. The molecule has 0 saturated carbocycles. The van der Waals surface area contributed by atoms with Gasteiger partial charge in [0.15, 0.2) is 0 Å². The number of piperazine rings is 1. The molecule has 2 heterocycles. The second-order valence-corrected chi connectivity index (χ2v) is 4.61. The van der Waals surface area contributed by atoms with E-state index in [1.54, 1.807) is 11.3 Å². The largest absolute Gasteiger partial charge is 0.353 e. The van der Waals surface area contributed by atoms with Crippen molar-refractivity contribution in [2.45, 2.75) is 6.04 Å². The molecule has 5 heteroatoms. The van der Waals surface area contributed by atoms with Crippen LogP contribution in [-0.4, -0.2) is 19.0 Å². The molecular weight excluding hydrogens is 252 g/mol. The van der Waals surface area contributed by atoms with E-state index in [-0.39, 0.29) is 11.9 Å². The smallest absolute Gasteiger partial charge is 0.242 e. The molecule has 0 aromatic carbocycles. The van der Waals surface area contributed by atoms with Gasteiger partial charge in [0.25, 0.3) is 0 Å². The van der Waals surface area contributed by atoms with E-state index >= 15 is 0 Å². The van der Waals surface area contributed by atoms with Crippen LogP contribution in [-0.2, 0) is 4.79 Å². The number of nitrogens with one attached hydrogen (secondary N) is 2. The zero-order valence-electron chi connectivity index (χ0n) is 6.84. The number of carbonyl (C=O) groups excluding carboxylic acids is 1. The van der Waals surface area contributed by atoms with Crippen LogP contribution >= 0.6 is 27.3 Å². The maximum atomic E-state index is 11.5. The van der Waals surface area contributed by atoms with Crippen molar-refractivity contribution in [3.63, 3.8) is 0 Å². The summed E-state index contributed by atoms with van der Waals surface area (Å²) in [4.78, 5) is 12.5. The molecule has 1 amide bonds. The number of amides is 1. The fraction of sp³-hybridized carbons (Fsp3) is 0.375. The van der Waals surface area contributed by atoms with Crippen molar-refractivity contribution >= 4 is 33.2 Å². The van der Waals surface area contributed by atoms with Crippen LogP contribution in [0.1, 0.15) is 10.9 Å². The summed E-state index contributed by atoms with van der Waals surface area (Å²) in [5, 5.41) is 7.99. The Bertz CT molecular complexity index is 326. The van der Waals surface area contributed by atoms with Gasteiger partial charge in [-0.15, -0.1) is 11.3 Å². The Morgan fingerprint density at radius 2 is 2.38 bits per heavy atom. The van der Waals surface area contributed by atoms with Crippen molar-refractivity contribution in [2.75, 3.05) is 13.1 Å². The number of halogens is 1. The average molecular weight is 261 g/mol. The highest BCUT2D eigenvalue weighted by molar-refractivity contribution is 9.10. The summed E-state index contributed by atoms with van der Waals surface area (Å²) in [5.74, 6) is 0.0643. The molecule has 1 atom stereocenters. The first-order valence-corrected chi connectivity index (χ1v) is 5.70. The second kappa shape index (κ2) is 3.77. The van der Waals surface area contributed by atoms with Gasteiger partial charge in [0, 0.05) is 22.4 Å². The van der Waals surface area contributed by atoms with Crippen LogP contribution < -0.4 is 10.6 Å². The van der Waals surface area contributed by atoms with Crippen molar-refractivity contribution in [1.82, 2.24) is 10.6 Å². The molecule has 1 aromatic rings. The minimum absolute atomic E-state index is 0.0643. The summed E-state index contributed by atoms with van der Waals surface area (Å²) >= 11 is 5.01. The normalized spacial score (nSPS) is 22.8. The Kier molecular flexibility index (Phi) is 2.66. The van der Waals surface area contributed by atoms with Crippen LogP contribution in [0.3, 0.4) is 0 Å². The molecule has 1 aliphatic rings. The molecule has 2 N–H and O–H groups in total. The molecule has 13 heavy (non-hydrogen) atoms. The van der Waals surface area contributed by atoms with Crippen molar-refractivity contribution in [2.24, 2.45) is 0 Å². The predicted molar refractivity (Wildman–Crippen MR) is 55.8 cm³/mol. The molecule has 3 nitrogen and oxygen atoms in total. The summed E-state index contributed by atoms with van der Waals surface area (Å²) in [5.41, 5.74) is 0. The van der Waals surface area contributed by atoms with Gasteiger partial charge < -0.3 is 5.32 Å². The Hall–Kier alpha value is -0.390. The summed E-state index contributed by atoms with van der Waals surface area (Å²) in [6, 6.07) is 1.78. The SMILES string of the molecule is O=C1NCCNC1c1sccc1Br. The van der Waals surface area contributed by atoms with Crippen molar-refractivity contribution in [1.29, 1.82) is 0 Å². The fourth-order valence-electron chi connectivity index (χ4n) is 1.32. The number of hydrogen-bond donors (Lipinski definition) is 2. The molecular formula is C8H9BrN2OS. The first-order chi connectivity index (χ1) is 6.29. The number of thiophene rings is 1. The van der Waals surface area contributed by atoms with Gasteiger partial charge in [0.05, 0.1) is 0 Å². The Labute approximate surface area is 88.7 Å². The summed E-state index contributed by atoms with van der Waals surface area (Å²) < 4.78 is 1.01. The van der Waals surface area contributed by atoms with E-state index in [1.807, 2.05) is 11.4 Å². The van der Waals surface area contributed by atoms with Gasteiger partial charge in [-0.1, -0.05) is 0 Å². The van der Waals surface area contributed by atoms with Crippen LogP contribution in [0.2, 0.25) is 0 Å². The summed E-state index contributed by atoms with van der Waals surface area (Å²) in [6.07, 6.45) is 0.